The minimum atomic E-state index is -0.268. The molecule has 1 atom stereocenters. The fourth-order valence-electron chi connectivity index (χ4n) is 3.22. The molecule has 1 fully saturated rings. The molecule has 5 heteroatoms. The van der Waals surface area contributed by atoms with E-state index in [1.54, 1.807) is 35.2 Å². The Morgan fingerprint density at radius 3 is 2.60 bits per heavy atom. The third kappa shape index (κ3) is 4.63. The molecule has 1 unspecified atom stereocenters. The second kappa shape index (κ2) is 8.21. The lowest BCUT2D eigenvalue weighted by atomic mass is 10.1. The molecule has 0 aromatic heterocycles. The smallest absolute Gasteiger partial charge is 0.223 e. The van der Waals surface area contributed by atoms with Crippen molar-refractivity contribution >= 4 is 5.91 Å². The van der Waals surface area contributed by atoms with Gasteiger partial charge in [-0.3, -0.25) is 4.79 Å². The summed E-state index contributed by atoms with van der Waals surface area (Å²) in [6, 6.07) is 13.1. The largest absolute Gasteiger partial charge is 0.335 e. The van der Waals surface area contributed by atoms with Gasteiger partial charge in [0.2, 0.25) is 5.91 Å². The summed E-state index contributed by atoms with van der Waals surface area (Å²) in [6.45, 7) is 1.74. The van der Waals surface area contributed by atoms with E-state index in [2.05, 4.69) is 5.32 Å². The van der Waals surface area contributed by atoms with Gasteiger partial charge in [0.25, 0.3) is 0 Å². The van der Waals surface area contributed by atoms with Crippen LogP contribution in [0.15, 0.2) is 48.5 Å². The van der Waals surface area contributed by atoms with E-state index in [-0.39, 0.29) is 23.6 Å². The number of halogens is 2. The Morgan fingerprint density at radius 2 is 1.84 bits per heavy atom. The van der Waals surface area contributed by atoms with Gasteiger partial charge < -0.3 is 10.2 Å². The van der Waals surface area contributed by atoms with Crippen molar-refractivity contribution in [2.45, 2.75) is 38.4 Å². The molecule has 1 amide bonds. The van der Waals surface area contributed by atoms with E-state index < -0.39 is 0 Å². The first-order chi connectivity index (χ1) is 12.1. The summed E-state index contributed by atoms with van der Waals surface area (Å²) in [5.41, 5.74) is 1.58. The SMILES string of the molecule is O=C1CCC(CCNCc2ccc(F)cc2)N1Cc1ccccc1F. The predicted octanol–water partition coefficient (Wildman–Crippen LogP) is 3.64. The monoisotopic (exact) mass is 344 g/mol. The maximum Gasteiger partial charge on any atom is 0.223 e. The van der Waals surface area contributed by atoms with Gasteiger partial charge in [0.15, 0.2) is 0 Å². The van der Waals surface area contributed by atoms with Gasteiger partial charge in [-0.2, -0.15) is 0 Å². The zero-order chi connectivity index (χ0) is 17.6. The van der Waals surface area contributed by atoms with Gasteiger partial charge in [0.05, 0.1) is 0 Å². The standard InChI is InChI=1S/C20H22F2N2O/c21-17-7-5-15(6-8-17)13-23-12-11-18-9-10-20(25)24(18)14-16-3-1-2-4-19(16)22/h1-8,18,23H,9-14H2. The molecule has 1 aliphatic rings. The molecular weight excluding hydrogens is 322 g/mol. The minimum Gasteiger partial charge on any atom is -0.335 e. The molecule has 0 saturated carbocycles. The van der Waals surface area contributed by atoms with E-state index in [0.717, 1.165) is 24.9 Å². The van der Waals surface area contributed by atoms with Gasteiger partial charge in [0.1, 0.15) is 11.6 Å². The van der Waals surface area contributed by atoms with Gasteiger partial charge in [-0.1, -0.05) is 30.3 Å². The van der Waals surface area contributed by atoms with E-state index >= 15 is 0 Å². The van der Waals surface area contributed by atoms with Crippen LogP contribution in [0.2, 0.25) is 0 Å². The van der Waals surface area contributed by atoms with Crippen LogP contribution in [-0.4, -0.2) is 23.4 Å². The molecule has 1 aliphatic heterocycles. The fraction of sp³-hybridized carbons (Fsp3) is 0.350. The van der Waals surface area contributed by atoms with E-state index in [9.17, 15) is 13.6 Å². The van der Waals surface area contributed by atoms with Crippen molar-refractivity contribution in [3.63, 3.8) is 0 Å². The number of benzene rings is 2. The summed E-state index contributed by atoms with van der Waals surface area (Å²) < 4.78 is 26.7. The Morgan fingerprint density at radius 1 is 1.08 bits per heavy atom. The second-order valence-electron chi connectivity index (χ2n) is 6.40. The predicted molar refractivity (Wildman–Crippen MR) is 92.7 cm³/mol. The highest BCUT2D eigenvalue weighted by molar-refractivity contribution is 5.78. The van der Waals surface area contributed by atoms with Crippen LogP contribution in [0.5, 0.6) is 0 Å². The summed E-state index contributed by atoms with van der Waals surface area (Å²) in [6.07, 6.45) is 2.16. The van der Waals surface area contributed by atoms with Crippen molar-refractivity contribution in [3.8, 4) is 0 Å². The van der Waals surface area contributed by atoms with Crippen molar-refractivity contribution in [1.29, 1.82) is 0 Å². The molecule has 0 radical (unpaired) electrons. The average molecular weight is 344 g/mol. The van der Waals surface area contributed by atoms with Crippen molar-refractivity contribution in [1.82, 2.24) is 10.2 Å². The molecular formula is C20H22F2N2O. The maximum absolute atomic E-state index is 13.8. The lowest BCUT2D eigenvalue weighted by Crippen LogP contribution is -2.34. The van der Waals surface area contributed by atoms with E-state index in [1.165, 1.54) is 18.2 Å². The van der Waals surface area contributed by atoms with Gasteiger partial charge in [-0.15, -0.1) is 0 Å². The number of carbonyl (C=O) groups is 1. The molecule has 0 bridgehead atoms. The highest BCUT2D eigenvalue weighted by Crippen LogP contribution is 2.24. The summed E-state index contributed by atoms with van der Waals surface area (Å²) in [7, 11) is 0. The number of likely N-dealkylation sites (tertiary alicyclic amines) is 1. The summed E-state index contributed by atoms with van der Waals surface area (Å²) in [4.78, 5) is 13.9. The Bertz CT molecular complexity index is 718. The maximum atomic E-state index is 13.8. The van der Waals surface area contributed by atoms with Crippen LogP contribution in [0, 0.1) is 11.6 Å². The van der Waals surface area contributed by atoms with Crippen LogP contribution in [-0.2, 0) is 17.9 Å². The number of amides is 1. The van der Waals surface area contributed by atoms with Crippen LogP contribution in [0.25, 0.3) is 0 Å². The highest BCUT2D eigenvalue weighted by Gasteiger charge is 2.30. The fourth-order valence-corrected chi connectivity index (χ4v) is 3.22. The van der Waals surface area contributed by atoms with Gasteiger partial charge in [0, 0.05) is 31.1 Å². The number of nitrogens with zero attached hydrogens (tertiary/aromatic N) is 1. The highest BCUT2D eigenvalue weighted by atomic mass is 19.1. The Hall–Kier alpha value is -2.27. The van der Waals surface area contributed by atoms with Gasteiger partial charge in [-0.25, -0.2) is 8.78 Å². The molecule has 1 saturated heterocycles. The molecule has 25 heavy (non-hydrogen) atoms. The first-order valence-corrected chi connectivity index (χ1v) is 8.61. The van der Waals surface area contributed by atoms with Crippen LogP contribution in [0.4, 0.5) is 8.78 Å². The molecule has 3 nitrogen and oxygen atoms in total. The van der Waals surface area contributed by atoms with Crippen molar-refractivity contribution in [2.24, 2.45) is 0 Å². The summed E-state index contributed by atoms with van der Waals surface area (Å²) in [5.74, 6) is -0.417. The molecule has 1 N–H and O–H groups in total. The van der Waals surface area contributed by atoms with Gasteiger partial charge in [-0.05, 0) is 43.1 Å². The van der Waals surface area contributed by atoms with Crippen molar-refractivity contribution < 1.29 is 13.6 Å². The van der Waals surface area contributed by atoms with Crippen LogP contribution in [0.1, 0.15) is 30.4 Å². The van der Waals surface area contributed by atoms with Crippen molar-refractivity contribution in [3.05, 3.63) is 71.3 Å². The molecule has 132 valence electrons. The second-order valence-corrected chi connectivity index (χ2v) is 6.40. The summed E-state index contributed by atoms with van der Waals surface area (Å²) in [5, 5.41) is 3.32. The Labute approximate surface area is 146 Å². The van der Waals surface area contributed by atoms with Crippen LogP contribution >= 0.6 is 0 Å². The molecule has 1 heterocycles. The third-order valence-electron chi connectivity index (χ3n) is 4.65. The molecule has 0 aliphatic carbocycles. The summed E-state index contributed by atoms with van der Waals surface area (Å²) >= 11 is 0. The first kappa shape index (κ1) is 17.5. The molecule has 3 rings (SSSR count). The number of hydrogen-bond donors (Lipinski definition) is 1. The lowest BCUT2D eigenvalue weighted by Gasteiger charge is -2.25. The quantitative estimate of drug-likeness (QED) is 0.778. The molecule has 2 aromatic rings. The Balaban J connectivity index is 1.50. The topological polar surface area (TPSA) is 32.3 Å². The normalized spacial score (nSPS) is 17.3. The van der Waals surface area contributed by atoms with E-state index in [4.69, 9.17) is 0 Å². The van der Waals surface area contributed by atoms with Crippen LogP contribution in [0.3, 0.4) is 0 Å². The van der Waals surface area contributed by atoms with Crippen molar-refractivity contribution in [2.75, 3.05) is 6.54 Å². The number of hydrogen-bond acceptors (Lipinski definition) is 2. The third-order valence-corrected chi connectivity index (χ3v) is 4.65. The lowest BCUT2D eigenvalue weighted by molar-refractivity contribution is -0.129. The number of rotatable bonds is 7. The van der Waals surface area contributed by atoms with Crippen LogP contribution < -0.4 is 5.32 Å². The van der Waals surface area contributed by atoms with E-state index in [1.807, 2.05) is 0 Å². The number of nitrogens with one attached hydrogen (secondary N) is 1. The zero-order valence-electron chi connectivity index (χ0n) is 14.1. The number of carbonyl (C=O) groups excluding carboxylic acids is 1. The molecule has 2 aromatic carbocycles. The first-order valence-electron chi connectivity index (χ1n) is 8.61. The molecule has 0 spiro atoms. The minimum absolute atomic E-state index is 0.0896. The average Bonchev–Trinajstić information content (AvgIpc) is 2.95. The Kier molecular flexibility index (Phi) is 5.76. The van der Waals surface area contributed by atoms with E-state index in [0.29, 0.717) is 25.1 Å². The van der Waals surface area contributed by atoms with Gasteiger partial charge >= 0.3 is 0 Å². The zero-order valence-corrected chi connectivity index (χ0v) is 14.1.